The summed E-state index contributed by atoms with van der Waals surface area (Å²) in [7, 11) is 3.09. The number of rotatable bonds is 4. The van der Waals surface area contributed by atoms with Gasteiger partial charge in [-0.3, -0.25) is 4.79 Å². The van der Waals surface area contributed by atoms with Gasteiger partial charge < -0.3 is 25.4 Å². The second-order valence-electron chi connectivity index (χ2n) is 5.57. The molecule has 3 amide bonds. The third kappa shape index (κ3) is 3.82. The van der Waals surface area contributed by atoms with Crippen LogP contribution in [0.25, 0.3) is 0 Å². The molecule has 1 aliphatic heterocycles. The standard InChI is InChI=1S/C18H19N3O4/c1-24-15-7-5-13(10-16(15)25-2)20-18(23)19-12-4-6-14-11(9-12)3-8-17(22)21-14/h4-7,9-10H,3,8H2,1-2H3,(H,21,22)(H2,19,20,23). The van der Waals surface area contributed by atoms with E-state index in [0.717, 1.165) is 11.3 Å². The Morgan fingerprint density at radius 2 is 1.64 bits per heavy atom. The zero-order valence-corrected chi connectivity index (χ0v) is 14.0. The molecule has 0 bridgehead atoms. The topological polar surface area (TPSA) is 88.7 Å². The largest absolute Gasteiger partial charge is 0.493 e. The van der Waals surface area contributed by atoms with Gasteiger partial charge in [0.25, 0.3) is 0 Å². The van der Waals surface area contributed by atoms with E-state index in [2.05, 4.69) is 16.0 Å². The minimum absolute atomic E-state index is 0.0133. The summed E-state index contributed by atoms with van der Waals surface area (Å²) in [5.41, 5.74) is 3.04. The predicted octanol–water partition coefficient (Wildman–Crippen LogP) is 3.23. The van der Waals surface area contributed by atoms with E-state index in [9.17, 15) is 9.59 Å². The summed E-state index contributed by atoms with van der Waals surface area (Å²) in [6.07, 6.45) is 1.11. The fourth-order valence-corrected chi connectivity index (χ4v) is 2.67. The highest BCUT2D eigenvalue weighted by molar-refractivity contribution is 6.00. The van der Waals surface area contributed by atoms with Gasteiger partial charge in [-0.1, -0.05) is 0 Å². The number of nitrogens with one attached hydrogen (secondary N) is 3. The Labute approximate surface area is 145 Å². The Hall–Kier alpha value is -3.22. The van der Waals surface area contributed by atoms with Gasteiger partial charge in [0.1, 0.15) is 0 Å². The highest BCUT2D eigenvalue weighted by Crippen LogP contribution is 2.30. The van der Waals surface area contributed by atoms with Gasteiger partial charge in [-0.2, -0.15) is 0 Å². The van der Waals surface area contributed by atoms with Gasteiger partial charge in [0.2, 0.25) is 5.91 Å². The number of ether oxygens (including phenoxy) is 2. The number of carbonyl (C=O) groups excluding carboxylic acids is 2. The molecule has 2 aromatic rings. The van der Waals surface area contributed by atoms with Gasteiger partial charge in [-0.15, -0.1) is 0 Å². The molecule has 0 unspecified atom stereocenters. The number of aryl methyl sites for hydroxylation is 1. The lowest BCUT2D eigenvalue weighted by atomic mass is 10.0. The van der Waals surface area contributed by atoms with Crippen molar-refractivity contribution in [3.63, 3.8) is 0 Å². The van der Waals surface area contributed by atoms with Crippen LogP contribution in [0.15, 0.2) is 36.4 Å². The first-order chi connectivity index (χ1) is 12.1. The van der Waals surface area contributed by atoms with Crippen molar-refractivity contribution in [3.8, 4) is 11.5 Å². The van der Waals surface area contributed by atoms with Gasteiger partial charge >= 0.3 is 6.03 Å². The van der Waals surface area contributed by atoms with Crippen LogP contribution in [-0.4, -0.2) is 26.2 Å². The van der Waals surface area contributed by atoms with Crippen LogP contribution in [0.4, 0.5) is 21.9 Å². The summed E-state index contributed by atoms with van der Waals surface area (Å²) < 4.78 is 10.4. The van der Waals surface area contributed by atoms with Gasteiger partial charge in [-0.25, -0.2) is 4.79 Å². The smallest absolute Gasteiger partial charge is 0.323 e. The average molecular weight is 341 g/mol. The maximum absolute atomic E-state index is 12.2. The van der Waals surface area contributed by atoms with Crippen LogP contribution in [0.3, 0.4) is 0 Å². The molecule has 0 saturated heterocycles. The van der Waals surface area contributed by atoms with Crippen LogP contribution in [0, 0.1) is 0 Å². The van der Waals surface area contributed by atoms with Crippen molar-refractivity contribution in [3.05, 3.63) is 42.0 Å². The van der Waals surface area contributed by atoms with E-state index in [0.29, 0.717) is 35.7 Å². The van der Waals surface area contributed by atoms with Crippen LogP contribution in [0.2, 0.25) is 0 Å². The maximum atomic E-state index is 12.2. The van der Waals surface area contributed by atoms with E-state index in [1.165, 1.54) is 7.11 Å². The molecule has 0 fully saturated rings. The summed E-state index contributed by atoms with van der Waals surface area (Å²) in [4.78, 5) is 23.6. The first kappa shape index (κ1) is 16.6. The number of amides is 3. The Morgan fingerprint density at radius 1 is 0.960 bits per heavy atom. The first-order valence-electron chi connectivity index (χ1n) is 7.82. The molecule has 7 nitrogen and oxygen atoms in total. The third-order valence-corrected chi connectivity index (χ3v) is 3.90. The Kier molecular flexibility index (Phi) is 4.74. The predicted molar refractivity (Wildman–Crippen MR) is 95.6 cm³/mol. The number of methoxy groups -OCH3 is 2. The third-order valence-electron chi connectivity index (χ3n) is 3.90. The zero-order valence-electron chi connectivity index (χ0n) is 14.0. The number of carbonyl (C=O) groups is 2. The fourth-order valence-electron chi connectivity index (χ4n) is 2.67. The molecule has 0 radical (unpaired) electrons. The van der Waals surface area contributed by atoms with Crippen molar-refractivity contribution < 1.29 is 19.1 Å². The van der Waals surface area contributed by atoms with E-state index in [1.54, 1.807) is 37.4 Å². The zero-order chi connectivity index (χ0) is 17.8. The molecule has 7 heteroatoms. The molecule has 2 aromatic carbocycles. The summed E-state index contributed by atoms with van der Waals surface area (Å²) in [5, 5.41) is 8.34. The lowest BCUT2D eigenvalue weighted by molar-refractivity contribution is -0.116. The SMILES string of the molecule is COc1ccc(NC(=O)Nc2ccc3c(c2)CCC(=O)N3)cc1OC. The summed E-state index contributed by atoms with van der Waals surface area (Å²) in [6.45, 7) is 0. The maximum Gasteiger partial charge on any atom is 0.323 e. The van der Waals surface area contributed by atoms with Crippen molar-refractivity contribution in [2.24, 2.45) is 0 Å². The summed E-state index contributed by atoms with van der Waals surface area (Å²) in [6, 6.07) is 10.2. The average Bonchev–Trinajstić information content (AvgIpc) is 2.61. The quantitative estimate of drug-likeness (QED) is 0.796. The molecule has 0 aromatic heterocycles. The van der Waals surface area contributed by atoms with E-state index in [4.69, 9.17) is 9.47 Å². The molecule has 1 heterocycles. The molecule has 3 rings (SSSR count). The monoisotopic (exact) mass is 341 g/mol. The second-order valence-corrected chi connectivity index (χ2v) is 5.57. The molecular formula is C18H19N3O4. The molecule has 130 valence electrons. The number of hydrogen-bond donors (Lipinski definition) is 3. The molecule has 0 atom stereocenters. The van der Waals surface area contributed by atoms with Crippen molar-refractivity contribution in [2.75, 3.05) is 30.2 Å². The molecule has 1 aliphatic rings. The summed E-state index contributed by atoms with van der Waals surface area (Å²) in [5.74, 6) is 1.13. The van der Waals surface area contributed by atoms with E-state index < -0.39 is 0 Å². The van der Waals surface area contributed by atoms with E-state index in [-0.39, 0.29) is 11.9 Å². The molecule has 0 spiro atoms. The Morgan fingerprint density at radius 3 is 2.36 bits per heavy atom. The van der Waals surface area contributed by atoms with Crippen LogP contribution in [0.5, 0.6) is 11.5 Å². The summed E-state index contributed by atoms with van der Waals surface area (Å²) >= 11 is 0. The van der Waals surface area contributed by atoms with Crippen molar-refractivity contribution >= 4 is 29.0 Å². The van der Waals surface area contributed by atoms with E-state index in [1.807, 2.05) is 6.07 Å². The van der Waals surface area contributed by atoms with Gasteiger partial charge in [0, 0.05) is 29.5 Å². The highest BCUT2D eigenvalue weighted by atomic mass is 16.5. The number of urea groups is 1. The lowest BCUT2D eigenvalue weighted by Gasteiger charge is -2.18. The first-order valence-corrected chi connectivity index (χ1v) is 7.82. The number of hydrogen-bond acceptors (Lipinski definition) is 4. The van der Waals surface area contributed by atoms with Crippen LogP contribution < -0.4 is 25.4 Å². The highest BCUT2D eigenvalue weighted by Gasteiger charge is 2.15. The van der Waals surface area contributed by atoms with Crippen molar-refractivity contribution in [1.82, 2.24) is 0 Å². The van der Waals surface area contributed by atoms with Crippen LogP contribution in [-0.2, 0) is 11.2 Å². The van der Waals surface area contributed by atoms with Crippen LogP contribution in [0.1, 0.15) is 12.0 Å². The normalized spacial score (nSPS) is 12.6. The lowest BCUT2D eigenvalue weighted by Crippen LogP contribution is -2.21. The molecule has 25 heavy (non-hydrogen) atoms. The van der Waals surface area contributed by atoms with Gasteiger partial charge in [0.05, 0.1) is 14.2 Å². The molecule has 0 saturated carbocycles. The second kappa shape index (κ2) is 7.12. The number of anilines is 3. The Balaban J connectivity index is 1.68. The van der Waals surface area contributed by atoms with Crippen molar-refractivity contribution in [2.45, 2.75) is 12.8 Å². The molecule has 0 aliphatic carbocycles. The van der Waals surface area contributed by atoms with Crippen molar-refractivity contribution in [1.29, 1.82) is 0 Å². The fraction of sp³-hybridized carbons (Fsp3) is 0.222. The Bertz CT molecular complexity index is 820. The van der Waals surface area contributed by atoms with Gasteiger partial charge in [0.15, 0.2) is 11.5 Å². The van der Waals surface area contributed by atoms with Gasteiger partial charge in [-0.05, 0) is 42.3 Å². The number of benzene rings is 2. The van der Waals surface area contributed by atoms with E-state index >= 15 is 0 Å². The minimum Gasteiger partial charge on any atom is -0.493 e. The molecular weight excluding hydrogens is 322 g/mol. The van der Waals surface area contributed by atoms with Crippen LogP contribution >= 0.6 is 0 Å². The number of fused-ring (bicyclic) bond motifs is 1. The minimum atomic E-state index is -0.369. The molecule has 3 N–H and O–H groups in total.